The Bertz CT molecular complexity index is 998. The molecule has 0 saturated carbocycles. The fraction of sp³-hybridized carbons (Fsp3) is 0.174. The van der Waals surface area contributed by atoms with Gasteiger partial charge in [-0.05, 0) is 59.9 Å². The van der Waals surface area contributed by atoms with Crippen molar-refractivity contribution in [3.8, 4) is 11.1 Å². The summed E-state index contributed by atoms with van der Waals surface area (Å²) in [6.45, 7) is 0. The lowest BCUT2D eigenvalue weighted by Gasteiger charge is -2.16. The van der Waals surface area contributed by atoms with E-state index in [1.54, 1.807) is 24.0 Å². The van der Waals surface area contributed by atoms with E-state index in [0.29, 0.717) is 17.7 Å². The monoisotopic (exact) mass is 438 g/mol. The Kier molecular flexibility index (Phi) is 7.93. The van der Waals surface area contributed by atoms with Gasteiger partial charge in [-0.2, -0.15) is 11.8 Å². The van der Waals surface area contributed by atoms with Gasteiger partial charge in [0.05, 0.1) is 0 Å². The lowest BCUT2D eigenvalue weighted by molar-refractivity contribution is -0.139. The van der Waals surface area contributed by atoms with Crippen LogP contribution in [0.1, 0.15) is 16.8 Å². The molecule has 0 spiro atoms. The Morgan fingerprint density at radius 3 is 2.50 bits per heavy atom. The van der Waals surface area contributed by atoms with Crippen molar-refractivity contribution < 1.29 is 14.7 Å². The minimum atomic E-state index is -1.03. The highest BCUT2D eigenvalue weighted by Crippen LogP contribution is 2.32. The van der Waals surface area contributed by atoms with Gasteiger partial charge in [-0.3, -0.25) is 4.79 Å². The summed E-state index contributed by atoms with van der Waals surface area (Å²) in [6.07, 6.45) is 4.02. The lowest BCUT2D eigenvalue weighted by Crippen LogP contribution is -2.41. The van der Waals surface area contributed by atoms with Crippen LogP contribution in [-0.4, -0.2) is 40.0 Å². The average Bonchev–Trinajstić information content (AvgIpc) is 2.77. The third-order valence-corrected chi connectivity index (χ3v) is 5.98. The largest absolute Gasteiger partial charge is 0.480 e. The van der Waals surface area contributed by atoms with E-state index < -0.39 is 17.9 Å². The topological polar surface area (TPSA) is 79.3 Å². The van der Waals surface area contributed by atoms with Crippen LogP contribution in [0.5, 0.6) is 0 Å². The highest BCUT2D eigenvalue weighted by Gasteiger charge is 2.22. The number of aromatic nitrogens is 1. The van der Waals surface area contributed by atoms with Gasteiger partial charge in [0, 0.05) is 16.7 Å². The Hall–Kier alpha value is -2.77. The first-order valence-electron chi connectivity index (χ1n) is 9.39. The third kappa shape index (κ3) is 5.87. The van der Waals surface area contributed by atoms with Crippen LogP contribution in [0, 0.1) is 0 Å². The molecular weight excluding hydrogens is 416 g/mol. The molecule has 7 heteroatoms. The number of rotatable bonds is 9. The molecule has 3 rings (SSSR count). The number of aliphatic carboxylic acids is 1. The number of carboxylic acids is 1. The van der Waals surface area contributed by atoms with Gasteiger partial charge in [0.15, 0.2) is 0 Å². The van der Waals surface area contributed by atoms with Crippen molar-refractivity contribution in [1.29, 1.82) is 0 Å². The van der Waals surface area contributed by atoms with Gasteiger partial charge in [-0.1, -0.05) is 48.2 Å². The smallest absolute Gasteiger partial charge is 0.326 e. The van der Waals surface area contributed by atoms with E-state index in [-0.39, 0.29) is 0 Å². The summed E-state index contributed by atoms with van der Waals surface area (Å²) in [6, 6.07) is 20.0. The normalized spacial score (nSPS) is 11.6. The molecule has 0 saturated heterocycles. The predicted octanol–water partition coefficient (Wildman–Crippen LogP) is 4.84. The van der Waals surface area contributed by atoms with Crippen LogP contribution in [0.25, 0.3) is 11.1 Å². The first-order chi connectivity index (χ1) is 14.6. The molecule has 0 unspecified atom stereocenters. The maximum Gasteiger partial charge on any atom is 0.326 e. The second-order valence-corrected chi connectivity index (χ2v) is 8.57. The molecule has 1 amide bonds. The number of thioether (sulfide) groups is 1. The zero-order chi connectivity index (χ0) is 21.3. The number of carbonyl (C=O) groups excluding carboxylic acids is 1. The van der Waals surface area contributed by atoms with Crippen LogP contribution in [0.4, 0.5) is 0 Å². The van der Waals surface area contributed by atoms with E-state index in [9.17, 15) is 14.7 Å². The summed E-state index contributed by atoms with van der Waals surface area (Å²) in [4.78, 5) is 29.8. The predicted molar refractivity (Wildman–Crippen MR) is 122 cm³/mol. The maximum atomic E-state index is 13.0. The summed E-state index contributed by atoms with van der Waals surface area (Å²) in [7, 11) is 0. The van der Waals surface area contributed by atoms with Gasteiger partial charge in [0.25, 0.3) is 5.91 Å². The average molecular weight is 439 g/mol. The molecule has 2 N–H and O–H groups in total. The Morgan fingerprint density at radius 2 is 1.83 bits per heavy atom. The zero-order valence-electron chi connectivity index (χ0n) is 16.4. The highest BCUT2D eigenvalue weighted by molar-refractivity contribution is 7.99. The Labute approximate surface area is 184 Å². The Balaban J connectivity index is 1.92. The molecule has 0 fully saturated rings. The molecule has 0 aliphatic heterocycles. The van der Waals surface area contributed by atoms with Crippen LogP contribution in [0.3, 0.4) is 0 Å². The Morgan fingerprint density at radius 1 is 1.07 bits per heavy atom. The maximum absolute atomic E-state index is 13.0. The summed E-state index contributed by atoms with van der Waals surface area (Å²) < 4.78 is 0. The zero-order valence-corrected chi connectivity index (χ0v) is 18.1. The van der Waals surface area contributed by atoms with Crippen molar-refractivity contribution in [1.82, 2.24) is 10.3 Å². The molecule has 0 radical (unpaired) electrons. The van der Waals surface area contributed by atoms with Gasteiger partial charge < -0.3 is 10.4 Å². The van der Waals surface area contributed by atoms with Crippen molar-refractivity contribution in [3.05, 3.63) is 78.5 Å². The molecule has 1 heterocycles. The van der Waals surface area contributed by atoms with Crippen LogP contribution < -0.4 is 5.32 Å². The van der Waals surface area contributed by atoms with Crippen molar-refractivity contribution in [2.24, 2.45) is 0 Å². The van der Waals surface area contributed by atoms with E-state index in [2.05, 4.69) is 10.3 Å². The van der Waals surface area contributed by atoms with Gasteiger partial charge in [-0.25, -0.2) is 9.78 Å². The summed E-state index contributed by atoms with van der Waals surface area (Å²) in [5.41, 5.74) is 2.09. The summed E-state index contributed by atoms with van der Waals surface area (Å²) >= 11 is 3.06. The summed E-state index contributed by atoms with van der Waals surface area (Å²) in [5.74, 6) is -0.764. The van der Waals surface area contributed by atoms with Gasteiger partial charge in [0.2, 0.25) is 0 Å². The fourth-order valence-corrected chi connectivity index (χ4v) is 4.18. The first-order valence-corrected chi connectivity index (χ1v) is 11.6. The van der Waals surface area contributed by atoms with Crippen molar-refractivity contribution in [2.75, 3.05) is 12.0 Å². The van der Waals surface area contributed by atoms with E-state index in [0.717, 1.165) is 21.0 Å². The van der Waals surface area contributed by atoms with Gasteiger partial charge >= 0.3 is 5.97 Å². The quantitative estimate of drug-likeness (QED) is 0.498. The van der Waals surface area contributed by atoms with Gasteiger partial charge in [-0.15, -0.1) is 0 Å². The lowest BCUT2D eigenvalue weighted by atomic mass is 9.99. The van der Waals surface area contributed by atoms with Crippen molar-refractivity contribution in [2.45, 2.75) is 22.4 Å². The van der Waals surface area contributed by atoms with Crippen molar-refractivity contribution >= 4 is 35.4 Å². The second kappa shape index (κ2) is 10.8. The number of benzene rings is 2. The number of carboxylic acid groups (broad SMARTS) is 1. The van der Waals surface area contributed by atoms with E-state index in [4.69, 9.17) is 0 Å². The molecule has 30 heavy (non-hydrogen) atoms. The van der Waals surface area contributed by atoms with Crippen LogP contribution in [-0.2, 0) is 4.79 Å². The van der Waals surface area contributed by atoms with Crippen LogP contribution >= 0.6 is 23.5 Å². The fourth-order valence-electron chi connectivity index (χ4n) is 2.90. The third-order valence-electron chi connectivity index (χ3n) is 4.39. The highest BCUT2D eigenvalue weighted by atomic mass is 32.2. The molecule has 1 atom stereocenters. The number of nitrogens with one attached hydrogen (secondary N) is 1. The molecule has 3 aromatic rings. The SMILES string of the molecule is CSCC[C@H](NC(=O)c1ccc(Sc2ccccn2)cc1-c1ccccc1)C(=O)O. The molecule has 0 aliphatic carbocycles. The van der Waals surface area contributed by atoms with Gasteiger partial charge in [0.1, 0.15) is 11.1 Å². The van der Waals surface area contributed by atoms with Crippen molar-refractivity contribution in [3.63, 3.8) is 0 Å². The minimum absolute atomic E-state index is 0.372. The molecular formula is C23H22N2O3S2. The standard InChI is InChI=1S/C23H22N2O3S2/c1-29-14-12-20(23(27)28)25-22(26)18-11-10-17(30-21-9-5-6-13-24-21)15-19(18)16-7-3-2-4-8-16/h2-11,13,15,20H,12,14H2,1H3,(H,25,26)(H,27,28)/t20-/m0/s1. The molecule has 1 aromatic heterocycles. The minimum Gasteiger partial charge on any atom is -0.480 e. The van der Waals surface area contributed by atoms with E-state index in [1.165, 1.54) is 11.8 Å². The second-order valence-electron chi connectivity index (χ2n) is 6.49. The molecule has 2 aromatic carbocycles. The number of hydrogen-bond donors (Lipinski definition) is 2. The van der Waals surface area contributed by atoms with Crippen LogP contribution in [0.2, 0.25) is 0 Å². The number of carbonyl (C=O) groups is 2. The molecule has 154 valence electrons. The molecule has 0 aliphatic rings. The van der Waals surface area contributed by atoms with E-state index in [1.807, 2.05) is 66.9 Å². The van der Waals surface area contributed by atoms with Crippen LogP contribution in [0.15, 0.2) is 82.8 Å². The molecule has 5 nitrogen and oxygen atoms in total. The first kappa shape index (κ1) is 21.9. The van der Waals surface area contributed by atoms with E-state index >= 15 is 0 Å². The summed E-state index contributed by atoms with van der Waals surface area (Å²) in [5, 5.41) is 13.0. The number of pyridine rings is 1. The molecule has 0 bridgehead atoms. The number of amides is 1. The number of hydrogen-bond acceptors (Lipinski definition) is 5. The number of nitrogens with zero attached hydrogens (tertiary/aromatic N) is 1.